The normalized spacial score (nSPS) is 10.9. The number of amides is 1. The molecule has 0 aliphatic carbocycles. The first-order chi connectivity index (χ1) is 13.1. The van der Waals surface area contributed by atoms with E-state index in [1.807, 2.05) is 12.1 Å². The molecule has 1 aromatic carbocycles. The number of thiophene rings is 1. The highest BCUT2D eigenvalue weighted by molar-refractivity contribution is 7.15. The minimum Gasteiger partial charge on any atom is -0.465 e. The Balaban J connectivity index is 1.89. The summed E-state index contributed by atoms with van der Waals surface area (Å²) >= 11 is 7.20. The van der Waals surface area contributed by atoms with E-state index in [2.05, 4.69) is 5.32 Å². The second-order valence-electron chi connectivity index (χ2n) is 5.42. The number of ether oxygens (including phenoxy) is 1. The summed E-state index contributed by atoms with van der Waals surface area (Å²) in [6.07, 6.45) is 4.41. The molecule has 3 rings (SSSR count). The zero-order chi connectivity index (χ0) is 19.2. The molecule has 0 aliphatic heterocycles. The molecule has 0 radical (unpaired) electrons. The number of esters is 1. The van der Waals surface area contributed by atoms with E-state index in [0.717, 1.165) is 5.56 Å². The van der Waals surface area contributed by atoms with Crippen LogP contribution in [0.3, 0.4) is 0 Å². The van der Waals surface area contributed by atoms with Crippen molar-refractivity contribution in [2.24, 2.45) is 0 Å². The van der Waals surface area contributed by atoms with Crippen molar-refractivity contribution in [1.82, 2.24) is 0 Å². The molecule has 1 amide bonds. The molecule has 0 atom stereocenters. The van der Waals surface area contributed by atoms with E-state index in [1.54, 1.807) is 42.6 Å². The highest BCUT2D eigenvalue weighted by Gasteiger charge is 2.22. The van der Waals surface area contributed by atoms with Gasteiger partial charge in [0, 0.05) is 22.0 Å². The third-order valence-corrected chi connectivity index (χ3v) is 4.75. The van der Waals surface area contributed by atoms with Gasteiger partial charge in [0.05, 0.1) is 12.9 Å². The van der Waals surface area contributed by atoms with Gasteiger partial charge in [-0.2, -0.15) is 0 Å². The Morgan fingerprint density at radius 3 is 2.70 bits per heavy atom. The van der Waals surface area contributed by atoms with Gasteiger partial charge in [-0.05, 0) is 42.8 Å². The van der Waals surface area contributed by atoms with Crippen LogP contribution in [-0.2, 0) is 9.53 Å². The van der Waals surface area contributed by atoms with Crippen molar-refractivity contribution in [3.05, 3.63) is 70.5 Å². The molecule has 0 saturated heterocycles. The molecule has 0 spiro atoms. The molecular formula is C20H16ClNO4S. The molecule has 2 aromatic heterocycles. The maximum atomic E-state index is 12.5. The zero-order valence-corrected chi connectivity index (χ0v) is 16.0. The van der Waals surface area contributed by atoms with Crippen LogP contribution in [0.5, 0.6) is 0 Å². The Bertz CT molecular complexity index is 959. The number of benzene rings is 1. The molecule has 138 valence electrons. The van der Waals surface area contributed by atoms with Gasteiger partial charge in [0.1, 0.15) is 16.3 Å². The maximum absolute atomic E-state index is 12.5. The lowest BCUT2D eigenvalue weighted by molar-refractivity contribution is -0.111. The lowest BCUT2D eigenvalue weighted by Gasteiger charge is -2.08. The van der Waals surface area contributed by atoms with Crippen LogP contribution in [0.2, 0.25) is 5.02 Å². The fourth-order valence-electron chi connectivity index (χ4n) is 2.40. The maximum Gasteiger partial charge on any atom is 0.341 e. The van der Waals surface area contributed by atoms with Gasteiger partial charge < -0.3 is 14.5 Å². The number of hydrogen-bond acceptors (Lipinski definition) is 5. The Kier molecular flexibility index (Phi) is 6.11. The smallest absolute Gasteiger partial charge is 0.341 e. The zero-order valence-electron chi connectivity index (χ0n) is 14.4. The third-order valence-electron chi connectivity index (χ3n) is 3.60. The quantitative estimate of drug-likeness (QED) is 0.438. The molecular weight excluding hydrogens is 386 g/mol. The standard InChI is InChI=1S/C20H16ClNO4S/c1-2-25-20(24)18-16(13-5-7-14(21)8-6-13)12-27-19(18)22-17(23)10-9-15-4-3-11-26-15/h3-12H,2H2,1H3,(H,22,23)/b10-9+. The van der Waals surface area contributed by atoms with Gasteiger partial charge in [0.2, 0.25) is 5.91 Å². The molecule has 7 heteroatoms. The van der Waals surface area contributed by atoms with Crippen molar-refractivity contribution in [3.8, 4) is 11.1 Å². The van der Waals surface area contributed by atoms with E-state index in [0.29, 0.717) is 26.9 Å². The van der Waals surface area contributed by atoms with Gasteiger partial charge in [-0.25, -0.2) is 4.79 Å². The van der Waals surface area contributed by atoms with E-state index >= 15 is 0 Å². The van der Waals surface area contributed by atoms with Gasteiger partial charge in [-0.1, -0.05) is 23.7 Å². The molecule has 0 bridgehead atoms. The molecule has 0 unspecified atom stereocenters. The van der Waals surface area contributed by atoms with Crippen LogP contribution in [0, 0.1) is 0 Å². The number of anilines is 1. The van der Waals surface area contributed by atoms with Crippen LogP contribution in [0.4, 0.5) is 5.00 Å². The van der Waals surface area contributed by atoms with Crippen molar-refractivity contribution < 1.29 is 18.7 Å². The Morgan fingerprint density at radius 2 is 2.04 bits per heavy atom. The summed E-state index contributed by atoms with van der Waals surface area (Å²) in [6.45, 7) is 1.97. The number of halogens is 1. The van der Waals surface area contributed by atoms with E-state index < -0.39 is 5.97 Å². The van der Waals surface area contributed by atoms with Crippen LogP contribution in [-0.4, -0.2) is 18.5 Å². The molecule has 2 heterocycles. The fraction of sp³-hybridized carbons (Fsp3) is 0.100. The van der Waals surface area contributed by atoms with Crippen LogP contribution in [0.15, 0.2) is 58.5 Å². The first kappa shape index (κ1) is 18.9. The lowest BCUT2D eigenvalue weighted by Crippen LogP contribution is -2.12. The van der Waals surface area contributed by atoms with Crippen molar-refractivity contribution in [2.75, 3.05) is 11.9 Å². The third kappa shape index (κ3) is 4.67. The van der Waals surface area contributed by atoms with Gasteiger partial charge >= 0.3 is 5.97 Å². The van der Waals surface area contributed by atoms with Gasteiger partial charge in [0.15, 0.2) is 0 Å². The average Bonchev–Trinajstić information content (AvgIpc) is 3.31. The number of furan rings is 1. The second-order valence-corrected chi connectivity index (χ2v) is 6.73. The highest BCUT2D eigenvalue weighted by Crippen LogP contribution is 2.36. The summed E-state index contributed by atoms with van der Waals surface area (Å²) in [5, 5.41) is 5.57. The fourth-order valence-corrected chi connectivity index (χ4v) is 3.48. The molecule has 0 saturated carbocycles. The predicted octanol–water partition coefficient (Wildman–Crippen LogP) is 5.49. The van der Waals surface area contributed by atoms with Crippen molar-refractivity contribution >= 4 is 45.9 Å². The molecule has 0 aliphatic rings. The molecule has 1 N–H and O–H groups in total. The summed E-state index contributed by atoms with van der Waals surface area (Å²) in [6, 6.07) is 10.6. The summed E-state index contributed by atoms with van der Waals surface area (Å²) in [5.74, 6) is -0.306. The number of carbonyl (C=O) groups excluding carboxylic acids is 2. The first-order valence-corrected chi connectivity index (χ1v) is 9.41. The SMILES string of the molecule is CCOC(=O)c1c(-c2ccc(Cl)cc2)csc1NC(=O)/C=C/c1ccco1. The predicted molar refractivity (Wildman–Crippen MR) is 107 cm³/mol. The van der Waals surface area contributed by atoms with E-state index in [-0.39, 0.29) is 12.5 Å². The van der Waals surface area contributed by atoms with E-state index in [4.69, 9.17) is 20.8 Å². The average molecular weight is 402 g/mol. The summed E-state index contributed by atoms with van der Waals surface area (Å²) in [4.78, 5) is 24.7. The number of carbonyl (C=O) groups is 2. The summed E-state index contributed by atoms with van der Waals surface area (Å²) in [5.41, 5.74) is 1.81. The minimum atomic E-state index is -0.492. The summed E-state index contributed by atoms with van der Waals surface area (Å²) in [7, 11) is 0. The molecule has 27 heavy (non-hydrogen) atoms. The molecule has 3 aromatic rings. The highest BCUT2D eigenvalue weighted by atomic mass is 35.5. The number of rotatable bonds is 6. The Hall–Kier alpha value is -2.83. The monoisotopic (exact) mass is 401 g/mol. The van der Waals surface area contributed by atoms with Crippen molar-refractivity contribution in [1.29, 1.82) is 0 Å². The Morgan fingerprint density at radius 1 is 1.26 bits per heavy atom. The topological polar surface area (TPSA) is 68.5 Å². The van der Waals surface area contributed by atoms with E-state index in [9.17, 15) is 9.59 Å². The van der Waals surface area contributed by atoms with Crippen LogP contribution >= 0.6 is 22.9 Å². The van der Waals surface area contributed by atoms with Crippen LogP contribution < -0.4 is 5.32 Å². The second kappa shape index (κ2) is 8.70. The molecule has 0 fully saturated rings. The van der Waals surface area contributed by atoms with Crippen LogP contribution in [0.25, 0.3) is 17.2 Å². The van der Waals surface area contributed by atoms with E-state index in [1.165, 1.54) is 23.7 Å². The largest absolute Gasteiger partial charge is 0.465 e. The minimum absolute atomic E-state index is 0.237. The van der Waals surface area contributed by atoms with Gasteiger partial charge in [-0.15, -0.1) is 11.3 Å². The first-order valence-electron chi connectivity index (χ1n) is 8.15. The van der Waals surface area contributed by atoms with Gasteiger partial charge in [-0.3, -0.25) is 4.79 Å². The van der Waals surface area contributed by atoms with Crippen LogP contribution in [0.1, 0.15) is 23.0 Å². The van der Waals surface area contributed by atoms with Gasteiger partial charge in [0.25, 0.3) is 0 Å². The molecule has 5 nitrogen and oxygen atoms in total. The summed E-state index contributed by atoms with van der Waals surface area (Å²) < 4.78 is 10.3. The lowest BCUT2D eigenvalue weighted by atomic mass is 10.0. The Labute approximate surface area is 165 Å². The van der Waals surface area contributed by atoms with Crippen molar-refractivity contribution in [3.63, 3.8) is 0 Å². The van der Waals surface area contributed by atoms with Crippen molar-refractivity contribution in [2.45, 2.75) is 6.92 Å². The number of hydrogen-bond donors (Lipinski definition) is 1. The number of nitrogens with one attached hydrogen (secondary N) is 1.